The Morgan fingerprint density at radius 1 is 0.889 bits per heavy atom. The van der Waals surface area contributed by atoms with E-state index >= 15 is 0 Å². The number of anilines is 1. The third kappa shape index (κ3) is 4.74. The number of para-hydroxylation sites is 2. The van der Waals surface area contributed by atoms with E-state index in [2.05, 4.69) is 5.43 Å². The Balaban J connectivity index is 1.49. The minimum atomic E-state index is -0.199. The van der Waals surface area contributed by atoms with Crippen molar-refractivity contribution in [2.24, 2.45) is 4.99 Å². The molecule has 2 heterocycles. The van der Waals surface area contributed by atoms with E-state index in [1.807, 2.05) is 105 Å². The van der Waals surface area contributed by atoms with Crippen LogP contribution < -0.4 is 10.3 Å². The number of thioether (sulfide) groups is 1. The van der Waals surface area contributed by atoms with Crippen LogP contribution >= 0.6 is 11.8 Å². The van der Waals surface area contributed by atoms with Gasteiger partial charge in [-0.15, -0.1) is 0 Å². The standard InChI is InChI=1S/C29H24N4O2S/c1-20-18-23(21(2)33(20)31-27(34)22-12-6-3-7-13-22)19-26-28(35)32(25-16-10-5-11-17-25)29(36-26)30-24-14-8-4-9-15-24/h3-19H,1-2H3,(H,31,34)/b26-19-,30-29?. The Labute approximate surface area is 214 Å². The van der Waals surface area contributed by atoms with Crippen LogP contribution in [0.15, 0.2) is 107 Å². The largest absolute Gasteiger partial charge is 0.271 e. The van der Waals surface area contributed by atoms with Gasteiger partial charge in [0.2, 0.25) is 0 Å². The number of nitrogens with zero attached hydrogens (tertiary/aromatic N) is 3. The van der Waals surface area contributed by atoms with Gasteiger partial charge >= 0.3 is 0 Å². The number of nitrogens with one attached hydrogen (secondary N) is 1. The molecule has 178 valence electrons. The minimum Gasteiger partial charge on any atom is -0.268 e. The molecule has 36 heavy (non-hydrogen) atoms. The van der Waals surface area contributed by atoms with Crippen LogP contribution in [0.25, 0.3) is 6.08 Å². The van der Waals surface area contributed by atoms with Crippen molar-refractivity contribution in [2.45, 2.75) is 13.8 Å². The Morgan fingerprint density at radius 3 is 2.17 bits per heavy atom. The fourth-order valence-corrected chi connectivity index (χ4v) is 4.96. The highest BCUT2D eigenvalue weighted by molar-refractivity contribution is 8.19. The molecular weight excluding hydrogens is 468 g/mol. The van der Waals surface area contributed by atoms with Crippen molar-refractivity contribution in [1.82, 2.24) is 4.68 Å². The van der Waals surface area contributed by atoms with Crippen molar-refractivity contribution in [1.29, 1.82) is 0 Å². The van der Waals surface area contributed by atoms with E-state index in [1.54, 1.807) is 21.7 Å². The van der Waals surface area contributed by atoms with Crippen LogP contribution in [0.4, 0.5) is 11.4 Å². The lowest BCUT2D eigenvalue weighted by Crippen LogP contribution is -2.28. The number of amidine groups is 1. The quantitative estimate of drug-likeness (QED) is 0.333. The molecule has 0 atom stereocenters. The van der Waals surface area contributed by atoms with E-state index in [-0.39, 0.29) is 11.8 Å². The topological polar surface area (TPSA) is 66.7 Å². The molecule has 1 aliphatic rings. The first-order valence-corrected chi connectivity index (χ1v) is 12.3. The summed E-state index contributed by atoms with van der Waals surface area (Å²) in [6, 6.07) is 30.1. The van der Waals surface area contributed by atoms with E-state index in [4.69, 9.17) is 4.99 Å². The second-order valence-corrected chi connectivity index (χ2v) is 9.29. The first-order chi connectivity index (χ1) is 17.5. The number of aryl methyl sites for hydroxylation is 1. The first kappa shape index (κ1) is 23.4. The number of carbonyl (C=O) groups excluding carboxylic acids is 2. The normalized spacial score (nSPS) is 15.6. The van der Waals surface area contributed by atoms with Gasteiger partial charge in [0.15, 0.2) is 5.17 Å². The number of aliphatic imine (C=N–C) groups is 1. The van der Waals surface area contributed by atoms with Crippen molar-refractivity contribution in [3.63, 3.8) is 0 Å². The lowest BCUT2D eigenvalue weighted by atomic mass is 10.2. The number of amides is 2. The van der Waals surface area contributed by atoms with Gasteiger partial charge in [0, 0.05) is 17.0 Å². The van der Waals surface area contributed by atoms with Gasteiger partial charge in [-0.05, 0) is 79.7 Å². The van der Waals surface area contributed by atoms with E-state index in [1.165, 1.54) is 11.8 Å². The molecule has 1 aromatic heterocycles. The minimum absolute atomic E-state index is 0.140. The molecule has 1 N–H and O–H groups in total. The van der Waals surface area contributed by atoms with E-state index < -0.39 is 0 Å². The highest BCUT2D eigenvalue weighted by atomic mass is 32.2. The summed E-state index contributed by atoms with van der Waals surface area (Å²) in [7, 11) is 0. The average molecular weight is 493 g/mol. The molecule has 1 aliphatic heterocycles. The number of hydrogen-bond donors (Lipinski definition) is 1. The summed E-state index contributed by atoms with van der Waals surface area (Å²) in [6.07, 6.45) is 1.87. The highest BCUT2D eigenvalue weighted by Gasteiger charge is 2.35. The molecule has 7 heteroatoms. The number of rotatable bonds is 5. The number of hydrogen-bond acceptors (Lipinski definition) is 4. The molecule has 4 aromatic rings. The van der Waals surface area contributed by atoms with Crippen LogP contribution in [0.5, 0.6) is 0 Å². The van der Waals surface area contributed by atoms with Gasteiger partial charge in [-0.2, -0.15) is 0 Å². The number of benzene rings is 3. The zero-order chi connectivity index (χ0) is 25.1. The van der Waals surface area contributed by atoms with E-state index in [9.17, 15) is 9.59 Å². The van der Waals surface area contributed by atoms with E-state index in [0.29, 0.717) is 15.6 Å². The Kier molecular flexibility index (Phi) is 6.56. The summed E-state index contributed by atoms with van der Waals surface area (Å²) in [5.41, 5.74) is 7.60. The summed E-state index contributed by atoms with van der Waals surface area (Å²) in [5, 5.41) is 0.592. The molecule has 5 rings (SSSR count). The number of carbonyl (C=O) groups is 2. The third-order valence-corrected chi connectivity index (χ3v) is 6.78. The molecular formula is C29H24N4O2S. The van der Waals surface area contributed by atoms with Gasteiger partial charge < -0.3 is 0 Å². The molecule has 0 aliphatic carbocycles. The molecule has 0 unspecified atom stereocenters. The maximum absolute atomic E-state index is 13.6. The Hall–Kier alpha value is -4.36. The predicted octanol–water partition coefficient (Wildman–Crippen LogP) is 6.30. The van der Waals surface area contributed by atoms with Gasteiger partial charge in [-0.25, -0.2) is 4.99 Å². The maximum Gasteiger partial charge on any atom is 0.271 e. The summed E-state index contributed by atoms with van der Waals surface area (Å²) in [4.78, 5) is 33.2. The van der Waals surface area contributed by atoms with Crippen molar-refractivity contribution < 1.29 is 9.59 Å². The van der Waals surface area contributed by atoms with Crippen molar-refractivity contribution >= 4 is 46.2 Å². The molecule has 2 amide bonds. The summed E-state index contributed by atoms with van der Waals surface area (Å²) >= 11 is 1.34. The fraction of sp³-hybridized carbons (Fsp3) is 0.0690. The molecule has 0 radical (unpaired) electrons. The monoisotopic (exact) mass is 492 g/mol. The predicted molar refractivity (Wildman–Crippen MR) is 147 cm³/mol. The smallest absolute Gasteiger partial charge is 0.268 e. The van der Waals surface area contributed by atoms with Crippen molar-refractivity contribution in [3.05, 3.63) is 124 Å². The number of aromatic nitrogens is 1. The van der Waals surface area contributed by atoms with Crippen LogP contribution in [0, 0.1) is 13.8 Å². The fourth-order valence-electron chi connectivity index (χ4n) is 3.97. The maximum atomic E-state index is 13.6. The molecule has 1 saturated heterocycles. The highest BCUT2D eigenvalue weighted by Crippen LogP contribution is 2.37. The van der Waals surface area contributed by atoms with Crippen LogP contribution in [-0.2, 0) is 4.79 Å². The van der Waals surface area contributed by atoms with E-state index in [0.717, 1.165) is 28.3 Å². The zero-order valence-corrected chi connectivity index (χ0v) is 20.7. The first-order valence-electron chi connectivity index (χ1n) is 11.5. The Morgan fingerprint density at radius 2 is 1.50 bits per heavy atom. The third-order valence-electron chi connectivity index (χ3n) is 5.81. The van der Waals surface area contributed by atoms with Gasteiger partial charge in [0.25, 0.3) is 11.8 Å². The average Bonchev–Trinajstić information content (AvgIpc) is 3.35. The lowest BCUT2D eigenvalue weighted by molar-refractivity contribution is -0.113. The molecule has 0 bridgehead atoms. The SMILES string of the molecule is Cc1cc(/C=C2\SC(=Nc3ccccc3)N(c3ccccc3)C2=O)c(C)n1NC(=O)c1ccccc1. The van der Waals surface area contributed by atoms with Crippen LogP contribution in [0.2, 0.25) is 0 Å². The van der Waals surface area contributed by atoms with Gasteiger partial charge in [0.1, 0.15) is 0 Å². The van der Waals surface area contributed by atoms with Crippen molar-refractivity contribution in [2.75, 3.05) is 10.3 Å². The second kappa shape index (κ2) is 10.1. The Bertz CT molecular complexity index is 1480. The molecule has 0 saturated carbocycles. The summed E-state index contributed by atoms with van der Waals surface area (Å²) < 4.78 is 1.75. The second-order valence-electron chi connectivity index (χ2n) is 8.29. The van der Waals surface area contributed by atoms with Crippen LogP contribution in [0.1, 0.15) is 27.3 Å². The zero-order valence-electron chi connectivity index (χ0n) is 19.9. The lowest BCUT2D eigenvalue weighted by Gasteiger charge is -2.15. The molecule has 6 nitrogen and oxygen atoms in total. The molecule has 1 fully saturated rings. The van der Waals surface area contributed by atoms with Crippen molar-refractivity contribution in [3.8, 4) is 0 Å². The van der Waals surface area contributed by atoms with Crippen LogP contribution in [-0.4, -0.2) is 21.7 Å². The summed E-state index contributed by atoms with van der Waals surface area (Å²) in [5.74, 6) is -0.338. The van der Waals surface area contributed by atoms with Gasteiger partial charge in [-0.3, -0.25) is 24.6 Å². The summed E-state index contributed by atoms with van der Waals surface area (Å²) in [6.45, 7) is 3.84. The van der Waals surface area contributed by atoms with Gasteiger partial charge in [-0.1, -0.05) is 54.6 Å². The molecule has 0 spiro atoms. The van der Waals surface area contributed by atoms with Crippen LogP contribution in [0.3, 0.4) is 0 Å². The van der Waals surface area contributed by atoms with Gasteiger partial charge in [0.05, 0.1) is 16.3 Å². The molecule has 3 aromatic carbocycles.